The number of amidine groups is 1. The van der Waals surface area contributed by atoms with Gasteiger partial charge in [0.2, 0.25) is 11.8 Å². The van der Waals surface area contributed by atoms with Crippen molar-refractivity contribution in [1.82, 2.24) is 5.32 Å². The number of nitrogens with one attached hydrogen (secondary N) is 2. The van der Waals surface area contributed by atoms with Crippen LogP contribution in [0.25, 0.3) is 11.3 Å². The minimum Gasteiger partial charge on any atom is -0.455 e. The first-order valence-electron chi connectivity index (χ1n) is 9.86. The average Bonchev–Trinajstić information content (AvgIpc) is 3.41. The molecule has 172 valence electrons. The van der Waals surface area contributed by atoms with Gasteiger partial charge in [-0.25, -0.2) is 0 Å². The predicted octanol–water partition coefficient (Wildman–Crippen LogP) is 4.46. The fourth-order valence-corrected chi connectivity index (χ4v) is 4.15. The van der Waals surface area contributed by atoms with Gasteiger partial charge in [-0.05, 0) is 36.4 Å². The Labute approximate surface area is 202 Å². The molecule has 2 N–H and O–H groups in total. The summed E-state index contributed by atoms with van der Waals surface area (Å²) < 4.78 is 5.60. The smallest absolute Gasteiger partial charge is 0.281 e. The lowest BCUT2D eigenvalue weighted by Gasteiger charge is -2.06. The molecule has 34 heavy (non-hydrogen) atoms. The summed E-state index contributed by atoms with van der Waals surface area (Å²) >= 11 is 6.94. The van der Waals surface area contributed by atoms with E-state index in [1.807, 2.05) is 6.07 Å². The number of nitro benzene ring substituents is 1. The normalized spacial score (nSPS) is 16.7. The number of thioether (sulfide) groups is 1. The van der Waals surface area contributed by atoms with Crippen molar-refractivity contribution in [2.24, 2.45) is 10.2 Å². The lowest BCUT2D eigenvalue weighted by molar-refractivity contribution is -0.384. The number of benzene rings is 2. The molecule has 2 heterocycles. The molecule has 1 aliphatic heterocycles. The summed E-state index contributed by atoms with van der Waals surface area (Å²) in [7, 11) is 0. The Morgan fingerprint density at radius 1 is 1.24 bits per heavy atom. The van der Waals surface area contributed by atoms with Crippen molar-refractivity contribution in [3.05, 3.63) is 81.6 Å². The van der Waals surface area contributed by atoms with Crippen molar-refractivity contribution in [3.8, 4) is 11.3 Å². The number of carbonyl (C=O) groups is 2. The molecule has 2 amide bonds. The number of anilines is 1. The first kappa shape index (κ1) is 23.2. The molecule has 3 aromatic rings. The van der Waals surface area contributed by atoms with Gasteiger partial charge >= 0.3 is 0 Å². The third-order valence-corrected chi connectivity index (χ3v) is 5.89. The van der Waals surface area contributed by atoms with Gasteiger partial charge in [0.15, 0.2) is 5.17 Å². The van der Waals surface area contributed by atoms with Crippen LogP contribution in [0, 0.1) is 10.1 Å². The van der Waals surface area contributed by atoms with E-state index in [-0.39, 0.29) is 45.4 Å². The maximum absolute atomic E-state index is 12.2. The van der Waals surface area contributed by atoms with Crippen molar-refractivity contribution < 1.29 is 18.9 Å². The highest BCUT2D eigenvalue weighted by molar-refractivity contribution is 8.15. The number of hydrogen-bond donors (Lipinski definition) is 2. The zero-order valence-corrected chi connectivity index (χ0v) is 18.9. The molecule has 1 saturated heterocycles. The number of amides is 2. The van der Waals surface area contributed by atoms with Crippen LogP contribution in [0.4, 0.5) is 11.4 Å². The third kappa shape index (κ3) is 5.69. The van der Waals surface area contributed by atoms with Crippen molar-refractivity contribution in [2.75, 3.05) is 5.32 Å². The summed E-state index contributed by atoms with van der Waals surface area (Å²) in [5, 5.41) is 24.3. The van der Waals surface area contributed by atoms with E-state index >= 15 is 0 Å². The SMILES string of the molecule is O=C(C[C@H]1S/C(=N\N=C/c2ccc(-c3ccc(Cl)cc3[N+](=O)[O-])o2)NC1=O)Nc1ccccc1. The molecule has 12 heteroatoms. The minimum atomic E-state index is -0.627. The number of halogens is 1. The van der Waals surface area contributed by atoms with Gasteiger partial charge in [-0.1, -0.05) is 41.6 Å². The molecule has 0 bridgehead atoms. The van der Waals surface area contributed by atoms with Gasteiger partial charge in [0.05, 0.1) is 16.7 Å². The van der Waals surface area contributed by atoms with Crippen LogP contribution in [0.1, 0.15) is 12.2 Å². The van der Waals surface area contributed by atoms with Crippen LogP contribution >= 0.6 is 23.4 Å². The van der Waals surface area contributed by atoms with Crippen LogP contribution in [0.3, 0.4) is 0 Å². The standard InChI is InChI=1S/C22H16ClN5O5S/c23-13-6-8-16(17(10-13)28(31)32)18-9-7-15(33-18)12-24-27-22-26-21(30)19(34-22)11-20(29)25-14-4-2-1-3-5-14/h1-10,12,19H,11H2,(H,25,29)(H,26,27,30)/b24-12-/t19-/m1/s1. The fourth-order valence-electron chi connectivity index (χ4n) is 3.06. The topological polar surface area (TPSA) is 139 Å². The number of nitrogens with zero attached hydrogens (tertiary/aromatic N) is 3. The van der Waals surface area contributed by atoms with Crippen molar-refractivity contribution >= 4 is 57.9 Å². The molecule has 0 aliphatic carbocycles. The Kier molecular flexibility index (Phi) is 7.04. The van der Waals surface area contributed by atoms with Gasteiger partial charge in [-0.2, -0.15) is 5.10 Å². The molecule has 1 aromatic heterocycles. The molecule has 10 nitrogen and oxygen atoms in total. The molecule has 4 rings (SSSR count). The van der Waals surface area contributed by atoms with E-state index in [1.54, 1.807) is 36.4 Å². The van der Waals surface area contributed by atoms with Crippen LogP contribution in [-0.4, -0.2) is 33.4 Å². The van der Waals surface area contributed by atoms with Crippen LogP contribution in [-0.2, 0) is 9.59 Å². The second kappa shape index (κ2) is 10.3. The lowest BCUT2D eigenvalue weighted by atomic mass is 10.1. The highest BCUT2D eigenvalue weighted by Crippen LogP contribution is 2.33. The molecule has 1 fully saturated rings. The lowest BCUT2D eigenvalue weighted by Crippen LogP contribution is -2.28. The van der Waals surface area contributed by atoms with Gasteiger partial charge in [-0.3, -0.25) is 19.7 Å². The molecule has 1 atom stereocenters. The molecule has 0 unspecified atom stereocenters. The Balaban J connectivity index is 1.37. The number of carbonyl (C=O) groups excluding carboxylic acids is 2. The highest BCUT2D eigenvalue weighted by Gasteiger charge is 2.32. The maximum atomic E-state index is 12.2. The number of nitro groups is 1. The Morgan fingerprint density at radius 2 is 2.03 bits per heavy atom. The summed E-state index contributed by atoms with van der Waals surface area (Å²) in [5.74, 6) is -0.0530. The van der Waals surface area contributed by atoms with Gasteiger partial charge in [0, 0.05) is 23.2 Å². The van der Waals surface area contributed by atoms with Crippen LogP contribution in [0.15, 0.2) is 75.3 Å². The summed E-state index contributed by atoms with van der Waals surface area (Å²) in [6.45, 7) is 0. The maximum Gasteiger partial charge on any atom is 0.281 e. The highest BCUT2D eigenvalue weighted by atomic mass is 35.5. The molecule has 2 aromatic carbocycles. The first-order valence-corrected chi connectivity index (χ1v) is 11.1. The van der Waals surface area contributed by atoms with E-state index in [9.17, 15) is 19.7 Å². The Morgan fingerprint density at radius 3 is 2.79 bits per heavy atom. The number of para-hydroxylation sites is 1. The number of furan rings is 1. The second-order valence-electron chi connectivity index (χ2n) is 6.98. The van der Waals surface area contributed by atoms with E-state index < -0.39 is 10.2 Å². The monoisotopic (exact) mass is 497 g/mol. The van der Waals surface area contributed by atoms with Crippen molar-refractivity contribution in [1.29, 1.82) is 0 Å². The summed E-state index contributed by atoms with van der Waals surface area (Å²) in [4.78, 5) is 35.1. The third-order valence-electron chi connectivity index (χ3n) is 4.59. The van der Waals surface area contributed by atoms with E-state index in [2.05, 4.69) is 20.8 Å². The van der Waals surface area contributed by atoms with Gasteiger partial charge < -0.3 is 15.1 Å². The number of rotatable bonds is 7. The minimum absolute atomic E-state index is 0.0183. The van der Waals surface area contributed by atoms with Crippen LogP contribution in [0.5, 0.6) is 0 Å². The van der Waals surface area contributed by atoms with Gasteiger partial charge in [0.1, 0.15) is 16.8 Å². The molecule has 0 radical (unpaired) electrons. The van der Waals surface area contributed by atoms with Crippen LogP contribution < -0.4 is 10.6 Å². The zero-order chi connectivity index (χ0) is 24.1. The van der Waals surface area contributed by atoms with E-state index in [4.69, 9.17) is 16.0 Å². The van der Waals surface area contributed by atoms with E-state index in [1.165, 1.54) is 24.4 Å². The molecular formula is C22H16ClN5O5S. The van der Waals surface area contributed by atoms with Gasteiger partial charge in [0.25, 0.3) is 5.69 Å². The second-order valence-corrected chi connectivity index (χ2v) is 8.61. The van der Waals surface area contributed by atoms with Crippen molar-refractivity contribution in [2.45, 2.75) is 11.7 Å². The first-order chi connectivity index (χ1) is 16.4. The number of hydrogen-bond acceptors (Lipinski definition) is 8. The predicted molar refractivity (Wildman–Crippen MR) is 130 cm³/mol. The molecule has 1 aliphatic rings. The molecular weight excluding hydrogens is 482 g/mol. The van der Waals surface area contributed by atoms with Gasteiger partial charge in [-0.15, -0.1) is 5.10 Å². The van der Waals surface area contributed by atoms with Crippen molar-refractivity contribution in [3.63, 3.8) is 0 Å². The van der Waals surface area contributed by atoms with Crippen LogP contribution in [0.2, 0.25) is 5.02 Å². The largest absolute Gasteiger partial charge is 0.455 e. The summed E-state index contributed by atoms with van der Waals surface area (Å²) in [5.41, 5.74) is 0.740. The molecule has 0 spiro atoms. The quantitative estimate of drug-likeness (QED) is 0.280. The summed E-state index contributed by atoms with van der Waals surface area (Å²) in [6.07, 6.45) is 1.29. The van der Waals surface area contributed by atoms with E-state index in [0.29, 0.717) is 11.4 Å². The van der Waals surface area contributed by atoms with E-state index in [0.717, 1.165) is 11.8 Å². The zero-order valence-electron chi connectivity index (χ0n) is 17.3. The summed E-state index contributed by atoms with van der Waals surface area (Å²) in [6, 6.07) is 16.4. The Bertz CT molecular complexity index is 1310. The Hall–Kier alpha value is -3.96. The average molecular weight is 498 g/mol. The molecule has 0 saturated carbocycles. The fraction of sp³-hybridized carbons (Fsp3) is 0.0909.